The molecule has 0 bridgehead atoms. The van der Waals surface area contributed by atoms with Gasteiger partial charge in [-0.3, -0.25) is 9.36 Å². The average Bonchev–Trinajstić information content (AvgIpc) is 3.31. The highest BCUT2D eigenvalue weighted by Gasteiger charge is 2.26. The minimum atomic E-state index is -0.640. The van der Waals surface area contributed by atoms with E-state index in [9.17, 15) is 9.59 Å². The highest BCUT2D eigenvalue weighted by Crippen LogP contribution is 2.29. The molecular weight excluding hydrogens is 390 g/mol. The summed E-state index contributed by atoms with van der Waals surface area (Å²) >= 11 is 6.15. The van der Waals surface area contributed by atoms with E-state index < -0.39 is 11.8 Å². The van der Waals surface area contributed by atoms with Crippen LogP contribution < -0.4 is 16.0 Å². The van der Waals surface area contributed by atoms with E-state index in [1.165, 1.54) is 10.1 Å². The summed E-state index contributed by atoms with van der Waals surface area (Å²) in [7, 11) is 0. The first-order valence-corrected chi connectivity index (χ1v) is 10.2. The van der Waals surface area contributed by atoms with E-state index in [2.05, 4.69) is 17.1 Å². The number of aryl methyl sites for hydroxylation is 1. The number of halogens is 1. The predicted octanol–water partition coefficient (Wildman–Crippen LogP) is 3.76. The summed E-state index contributed by atoms with van der Waals surface area (Å²) in [5, 5.41) is 3.74. The van der Waals surface area contributed by atoms with Crippen LogP contribution in [-0.4, -0.2) is 30.1 Å². The molecule has 1 aliphatic rings. The van der Waals surface area contributed by atoms with Crippen LogP contribution in [0.5, 0.6) is 0 Å². The average molecular weight is 414 g/mol. The molecule has 2 aromatic carbocycles. The summed E-state index contributed by atoms with van der Waals surface area (Å²) in [4.78, 5) is 27.2. The highest BCUT2D eigenvalue weighted by molar-refractivity contribution is 6.30. The lowest BCUT2D eigenvalue weighted by molar-refractivity contribution is -0.124. The molecule has 1 amide bonds. The number of aromatic nitrogens is 1. The monoisotopic (exact) mass is 413 g/mol. The molecule has 2 heterocycles. The van der Waals surface area contributed by atoms with Crippen LogP contribution in [0.4, 0.5) is 5.69 Å². The smallest absolute Gasteiger partial charge is 0.408 e. The molecule has 2 unspecified atom stereocenters. The second kappa shape index (κ2) is 7.95. The molecule has 1 fully saturated rings. The van der Waals surface area contributed by atoms with E-state index in [0.717, 1.165) is 30.2 Å². The van der Waals surface area contributed by atoms with E-state index in [1.54, 1.807) is 25.1 Å². The summed E-state index contributed by atoms with van der Waals surface area (Å²) < 4.78 is 6.65. The van der Waals surface area contributed by atoms with Crippen molar-refractivity contribution >= 4 is 34.3 Å². The molecule has 1 aliphatic heterocycles. The Hall–Kier alpha value is -2.73. The largest absolute Gasteiger partial charge is 0.420 e. The molecule has 1 aromatic heterocycles. The van der Waals surface area contributed by atoms with Crippen LogP contribution >= 0.6 is 11.6 Å². The van der Waals surface area contributed by atoms with Crippen molar-refractivity contribution < 1.29 is 9.21 Å². The van der Waals surface area contributed by atoms with Gasteiger partial charge >= 0.3 is 5.76 Å². The van der Waals surface area contributed by atoms with Crippen LogP contribution in [0.15, 0.2) is 51.7 Å². The van der Waals surface area contributed by atoms with Crippen molar-refractivity contribution in [3.63, 3.8) is 0 Å². The van der Waals surface area contributed by atoms with Crippen molar-refractivity contribution in [2.24, 2.45) is 5.92 Å². The first-order chi connectivity index (χ1) is 13.9. The Morgan fingerprint density at radius 1 is 1.31 bits per heavy atom. The van der Waals surface area contributed by atoms with Crippen LogP contribution in [0.1, 0.15) is 24.9 Å². The third-order valence-corrected chi connectivity index (χ3v) is 5.88. The zero-order chi connectivity index (χ0) is 20.5. The number of benzene rings is 2. The Balaban J connectivity index is 1.39. The highest BCUT2D eigenvalue weighted by atomic mass is 35.5. The van der Waals surface area contributed by atoms with Gasteiger partial charge in [0.15, 0.2) is 5.58 Å². The lowest BCUT2D eigenvalue weighted by atomic mass is 10.1. The van der Waals surface area contributed by atoms with Gasteiger partial charge in [0.05, 0.1) is 5.52 Å². The lowest BCUT2D eigenvalue weighted by Gasteiger charge is -2.21. The zero-order valence-electron chi connectivity index (χ0n) is 16.5. The fraction of sp³-hybridized carbons (Fsp3) is 0.364. The van der Waals surface area contributed by atoms with Gasteiger partial charge in [-0.1, -0.05) is 29.8 Å². The number of carbonyl (C=O) groups is 1. The molecule has 3 aromatic rings. The summed E-state index contributed by atoms with van der Waals surface area (Å²) in [6.45, 7) is 6.17. The second-order valence-electron chi connectivity index (χ2n) is 7.66. The summed E-state index contributed by atoms with van der Waals surface area (Å²) in [6.07, 6.45) is 0.995. The van der Waals surface area contributed by atoms with E-state index in [1.807, 2.05) is 24.3 Å². The van der Waals surface area contributed by atoms with E-state index >= 15 is 0 Å². The van der Waals surface area contributed by atoms with Crippen molar-refractivity contribution in [3.05, 3.63) is 63.6 Å². The quantitative estimate of drug-likeness (QED) is 0.691. The number of carbonyl (C=O) groups excluding carboxylic acids is 1. The molecule has 0 saturated carbocycles. The van der Waals surface area contributed by atoms with Crippen molar-refractivity contribution in [2.75, 3.05) is 24.5 Å². The van der Waals surface area contributed by atoms with Crippen LogP contribution in [0.3, 0.4) is 0 Å². The number of oxazole rings is 1. The van der Waals surface area contributed by atoms with Crippen LogP contribution in [0, 0.1) is 12.8 Å². The number of rotatable bonds is 5. The van der Waals surface area contributed by atoms with Crippen LogP contribution in [-0.2, 0) is 4.79 Å². The molecule has 7 heteroatoms. The van der Waals surface area contributed by atoms with Gasteiger partial charge in [-0.15, -0.1) is 0 Å². The van der Waals surface area contributed by atoms with Gasteiger partial charge in [0.2, 0.25) is 5.91 Å². The minimum absolute atomic E-state index is 0.184. The van der Waals surface area contributed by atoms with Crippen molar-refractivity contribution in [1.29, 1.82) is 0 Å². The topological polar surface area (TPSA) is 67.5 Å². The Morgan fingerprint density at radius 2 is 2.10 bits per heavy atom. The number of nitrogens with zero attached hydrogens (tertiary/aromatic N) is 2. The molecule has 0 spiro atoms. The number of amides is 1. The van der Waals surface area contributed by atoms with Crippen LogP contribution in [0.25, 0.3) is 11.1 Å². The Labute approximate surface area is 174 Å². The van der Waals surface area contributed by atoms with Crippen molar-refractivity contribution in [1.82, 2.24) is 9.88 Å². The van der Waals surface area contributed by atoms with E-state index in [4.69, 9.17) is 16.0 Å². The van der Waals surface area contributed by atoms with Gasteiger partial charge in [0, 0.05) is 30.3 Å². The normalized spacial score (nSPS) is 17.6. The number of hydrogen-bond donors (Lipinski definition) is 1. The van der Waals surface area contributed by atoms with Gasteiger partial charge in [-0.2, -0.15) is 0 Å². The predicted molar refractivity (Wildman–Crippen MR) is 115 cm³/mol. The molecule has 4 rings (SSSR count). The maximum atomic E-state index is 12.7. The Kier molecular flexibility index (Phi) is 5.37. The van der Waals surface area contributed by atoms with E-state index in [0.29, 0.717) is 23.6 Å². The second-order valence-corrected chi connectivity index (χ2v) is 8.09. The first-order valence-electron chi connectivity index (χ1n) is 9.83. The molecule has 1 N–H and O–H groups in total. The maximum Gasteiger partial charge on any atom is 0.420 e. The first kappa shape index (κ1) is 19.6. The van der Waals surface area contributed by atoms with Crippen molar-refractivity contribution in [2.45, 2.75) is 26.3 Å². The summed E-state index contributed by atoms with van der Waals surface area (Å²) in [5.41, 5.74) is 3.46. The van der Waals surface area contributed by atoms with Gasteiger partial charge in [0.25, 0.3) is 0 Å². The van der Waals surface area contributed by atoms with Crippen molar-refractivity contribution in [3.8, 4) is 0 Å². The third-order valence-electron chi connectivity index (χ3n) is 5.65. The SMILES string of the molecule is Cc1ccc(Cl)cc1N1CCC(CNC(=O)C(C)n2c(=O)oc3ccccc32)C1. The van der Waals surface area contributed by atoms with Gasteiger partial charge in [-0.25, -0.2) is 4.79 Å². The molecule has 2 atom stereocenters. The Bertz CT molecular complexity index is 1100. The number of hydrogen-bond acceptors (Lipinski definition) is 4. The summed E-state index contributed by atoms with van der Waals surface area (Å²) in [6, 6.07) is 12.4. The lowest BCUT2D eigenvalue weighted by Crippen LogP contribution is -2.37. The molecular formula is C22H24ClN3O3. The molecule has 0 radical (unpaired) electrons. The fourth-order valence-electron chi connectivity index (χ4n) is 4.00. The number of nitrogens with one attached hydrogen (secondary N) is 1. The molecule has 6 nitrogen and oxygen atoms in total. The maximum absolute atomic E-state index is 12.7. The standard InChI is InChI=1S/C22H24ClN3O3/c1-14-7-8-17(23)11-19(14)25-10-9-16(13-25)12-24-21(27)15(2)26-18-5-3-4-6-20(18)29-22(26)28/h3-8,11,15-16H,9-10,12-13H2,1-2H3,(H,24,27). The molecule has 1 saturated heterocycles. The number of fused-ring (bicyclic) bond motifs is 1. The van der Waals surface area contributed by atoms with Gasteiger partial charge in [0.1, 0.15) is 6.04 Å². The minimum Gasteiger partial charge on any atom is -0.408 e. The molecule has 29 heavy (non-hydrogen) atoms. The molecule has 0 aliphatic carbocycles. The number of anilines is 1. The Morgan fingerprint density at radius 3 is 2.93 bits per heavy atom. The van der Waals surface area contributed by atoms with E-state index in [-0.39, 0.29) is 5.91 Å². The third kappa shape index (κ3) is 3.90. The van der Waals surface area contributed by atoms with Gasteiger partial charge < -0.3 is 14.6 Å². The zero-order valence-corrected chi connectivity index (χ0v) is 17.3. The summed E-state index contributed by atoms with van der Waals surface area (Å²) in [5.74, 6) is -0.351. The molecule has 152 valence electrons. The fourth-order valence-corrected chi connectivity index (χ4v) is 4.17. The number of para-hydroxylation sites is 2. The van der Waals surface area contributed by atoms with Gasteiger partial charge in [-0.05, 0) is 56.0 Å². The van der Waals surface area contributed by atoms with Crippen LogP contribution in [0.2, 0.25) is 5.02 Å².